The van der Waals surface area contributed by atoms with Gasteiger partial charge >= 0.3 is 0 Å². The zero-order valence-electron chi connectivity index (χ0n) is 10.5. The summed E-state index contributed by atoms with van der Waals surface area (Å²) in [7, 11) is -1.77. The van der Waals surface area contributed by atoms with Crippen LogP contribution in [0.25, 0.3) is 0 Å². The van der Waals surface area contributed by atoms with Crippen molar-refractivity contribution < 1.29 is 18.3 Å². The van der Waals surface area contributed by atoms with Crippen molar-refractivity contribution in [3.8, 4) is 0 Å². The molecule has 0 amide bonds. The number of nitrogens with two attached hydrogens (primary N) is 1. The highest BCUT2D eigenvalue weighted by Gasteiger charge is 2.14. The molecule has 1 rings (SSSR count). The van der Waals surface area contributed by atoms with E-state index in [0.717, 1.165) is 13.2 Å². The molecule has 0 atom stereocenters. The quantitative estimate of drug-likeness (QED) is 0.804. The Hall–Kier alpha value is -1.67. The number of carboxylic acid groups (broad SMARTS) is 1. The van der Waals surface area contributed by atoms with Crippen LogP contribution in [0.15, 0.2) is 18.3 Å². The van der Waals surface area contributed by atoms with Crippen LogP contribution in [0.3, 0.4) is 0 Å². The molecule has 0 bridgehead atoms. The number of anilines is 1. The maximum absolute atomic E-state index is 11.3. The predicted octanol–water partition coefficient (Wildman–Crippen LogP) is 0.0270. The molecule has 3 N–H and O–H groups in total. The summed E-state index contributed by atoms with van der Waals surface area (Å²) in [5.74, 6) is -0.833. The molecule has 0 saturated carbocycles. The van der Waals surface area contributed by atoms with E-state index in [2.05, 4.69) is 4.98 Å². The van der Waals surface area contributed by atoms with Gasteiger partial charge in [-0.3, -0.25) is 14.1 Å². The second-order valence-corrected chi connectivity index (χ2v) is 5.44. The molecule has 1 aromatic heterocycles. The van der Waals surface area contributed by atoms with Crippen LogP contribution in [0, 0.1) is 0 Å². The van der Waals surface area contributed by atoms with Crippen LogP contribution in [-0.2, 0) is 21.4 Å². The van der Waals surface area contributed by atoms with E-state index >= 15 is 0 Å². The predicted molar refractivity (Wildman–Crippen MR) is 68.7 cm³/mol. The van der Waals surface area contributed by atoms with Crippen molar-refractivity contribution >= 4 is 21.7 Å². The third-order valence-corrected chi connectivity index (χ3v) is 3.09. The van der Waals surface area contributed by atoms with Crippen LogP contribution in [0.4, 0.5) is 5.69 Å². The molecule has 1 heterocycles. The molecular weight excluding hydrogens is 258 g/mol. The molecule has 18 heavy (non-hydrogen) atoms. The summed E-state index contributed by atoms with van der Waals surface area (Å²) < 4.78 is 23.7. The maximum atomic E-state index is 11.3. The van der Waals surface area contributed by atoms with Crippen LogP contribution in [0.1, 0.15) is 12.6 Å². The first-order valence-corrected chi connectivity index (χ1v) is 6.82. The number of carbonyl (C=O) groups is 1. The number of nitrogens with zero attached hydrogens (tertiary/aromatic N) is 2. The number of sulfonamides is 1. The molecule has 0 radical (unpaired) electrons. The summed E-state index contributed by atoms with van der Waals surface area (Å²) in [5, 5.41) is 7.42. The summed E-state index contributed by atoms with van der Waals surface area (Å²) in [6.45, 7) is 1.30. The highest BCUT2D eigenvalue weighted by atomic mass is 32.2. The lowest BCUT2D eigenvalue weighted by Gasteiger charge is -2.18. The number of pyridine rings is 1. The standard InChI is InChI=1S/C8H13N3O2S.C2H4O2/c1-11(14(2,12)13)8-4-3-5-10-7(8)6-9;1-2(3)4/h3-5H,6,9H2,1-2H3;1H3,(H,3,4). The van der Waals surface area contributed by atoms with Gasteiger partial charge in [-0.05, 0) is 12.1 Å². The number of aliphatic carboxylic acids is 1. The number of hydrogen-bond acceptors (Lipinski definition) is 5. The Bertz CT molecular complexity index is 498. The van der Waals surface area contributed by atoms with E-state index in [4.69, 9.17) is 15.6 Å². The molecule has 0 unspecified atom stereocenters. The first-order valence-electron chi connectivity index (χ1n) is 4.97. The van der Waals surface area contributed by atoms with Gasteiger partial charge in [0.2, 0.25) is 10.0 Å². The number of carboxylic acids is 1. The maximum Gasteiger partial charge on any atom is 0.300 e. The fraction of sp³-hybridized carbons (Fsp3) is 0.400. The molecular formula is C10H17N3O4S. The molecule has 0 aromatic carbocycles. The fourth-order valence-corrected chi connectivity index (χ4v) is 1.58. The molecule has 0 aliphatic carbocycles. The molecule has 8 heteroatoms. The highest BCUT2D eigenvalue weighted by Crippen LogP contribution is 2.18. The Morgan fingerprint density at radius 2 is 2.06 bits per heavy atom. The van der Waals surface area contributed by atoms with Crippen molar-refractivity contribution in [2.24, 2.45) is 5.73 Å². The molecule has 0 fully saturated rings. The van der Waals surface area contributed by atoms with Crippen molar-refractivity contribution in [2.75, 3.05) is 17.6 Å². The van der Waals surface area contributed by atoms with Crippen molar-refractivity contribution in [3.05, 3.63) is 24.0 Å². The molecule has 0 aliphatic rings. The van der Waals surface area contributed by atoms with E-state index in [1.165, 1.54) is 11.4 Å². The van der Waals surface area contributed by atoms with Gasteiger partial charge < -0.3 is 10.8 Å². The van der Waals surface area contributed by atoms with Crippen molar-refractivity contribution in [1.29, 1.82) is 0 Å². The molecule has 0 saturated heterocycles. The van der Waals surface area contributed by atoms with Crippen molar-refractivity contribution in [2.45, 2.75) is 13.5 Å². The normalized spacial score (nSPS) is 10.2. The summed E-state index contributed by atoms with van der Waals surface area (Å²) in [5.41, 5.74) is 6.54. The van der Waals surface area contributed by atoms with Crippen LogP contribution in [0.5, 0.6) is 0 Å². The number of aromatic nitrogens is 1. The first-order chi connectivity index (χ1) is 8.20. The van der Waals surface area contributed by atoms with E-state index < -0.39 is 16.0 Å². The van der Waals surface area contributed by atoms with E-state index in [-0.39, 0.29) is 6.54 Å². The average Bonchev–Trinajstić information content (AvgIpc) is 2.26. The lowest BCUT2D eigenvalue weighted by Crippen LogP contribution is -2.26. The summed E-state index contributed by atoms with van der Waals surface area (Å²) in [6, 6.07) is 3.35. The van der Waals surface area contributed by atoms with Crippen LogP contribution in [-0.4, -0.2) is 37.8 Å². The summed E-state index contributed by atoms with van der Waals surface area (Å²) in [6.07, 6.45) is 2.72. The van der Waals surface area contributed by atoms with Gasteiger partial charge in [0.15, 0.2) is 0 Å². The second-order valence-electron chi connectivity index (χ2n) is 3.42. The molecule has 1 aromatic rings. The van der Waals surface area contributed by atoms with Gasteiger partial charge in [-0.15, -0.1) is 0 Å². The topological polar surface area (TPSA) is 114 Å². The Labute approximate surface area is 106 Å². The van der Waals surface area contributed by atoms with Gasteiger partial charge in [-0.2, -0.15) is 0 Å². The van der Waals surface area contributed by atoms with Gasteiger partial charge in [-0.25, -0.2) is 8.42 Å². The van der Waals surface area contributed by atoms with Crippen LogP contribution in [0.2, 0.25) is 0 Å². The zero-order chi connectivity index (χ0) is 14.3. The molecule has 7 nitrogen and oxygen atoms in total. The van der Waals surface area contributed by atoms with Crippen LogP contribution >= 0.6 is 0 Å². The summed E-state index contributed by atoms with van der Waals surface area (Å²) >= 11 is 0. The number of hydrogen-bond donors (Lipinski definition) is 2. The molecule has 0 spiro atoms. The SMILES string of the molecule is CC(=O)O.CN(c1cccnc1CN)S(C)(=O)=O. The third kappa shape index (κ3) is 5.60. The number of rotatable bonds is 3. The summed E-state index contributed by atoms with van der Waals surface area (Å²) in [4.78, 5) is 13.0. The second kappa shape index (κ2) is 6.92. The largest absolute Gasteiger partial charge is 0.481 e. The van der Waals surface area contributed by atoms with E-state index in [9.17, 15) is 8.42 Å². The van der Waals surface area contributed by atoms with Crippen molar-refractivity contribution in [1.82, 2.24) is 4.98 Å². The minimum atomic E-state index is -3.25. The highest BCUT2D eigenvalue weighted by molar-refractivity contribution is 7.92. The fourth-order valence-electron chi connectivity index (χ4n) is 1.05. The minimum Gasteiger partial charge on any atom is -0.481 e. The minimum absolute atomic E-state index is 0.218. The van der Waals surface area contributed by atoms with Crippen molar-refractivity contribution in [3.63, 3.8) is 0 Å². The zero-order valence-corrected chi connectivity index (χ0v) is 11.3. The van der Waals surface area contributed by atoms with Gasteiger partial charge in [0.25, 0.3) is 5.97 Å². The lowest BCUT2D eigenvalue weighted by molar-refractivity contribution is -0.134. The third-order valence-electron chi connectivity index (χ3n) is 1.90. The lowest BCUT2D eigenvalue weighted by atomic mass is 10.3. The Morgan fingerprint density at radius 1 is 1.56 bits per heavy atom. The van der Waals surface area contributed by atoms with Gasteiger partial charge in [0, 0.05) is 26.7 Å². The molecule has 0 aliphatic heterocycles. The molecule has 102 valence electrons. The first kappa shape index (κ1) is 16.3. The monoisotopic (exact) mass is 275 g/mol. The van der Waals surface area contributed by atoms with Gasteiger partial charge in [-0.1, -0.05) is 0 Å². The average molecular weight is 275 g/mol. The van der Waals surface area contributed by atoms with Gasteiger partial charge in [0.1, 0.15) is 0 Å². The smallest absolute Gasteiger partial charge is 0.300 e. The Morgan fingerprint density at radius 3 is 2.44 bits per heavy atom. The van der Waals surface area contributed by atoms with Gasteiger partial charge in [0.05, 0.1) is 17.6 Å². The van der Waals surface area contributed by atoms with E-state index in [1.54, 1.807) is 18.3 Å². The Balaban J connectivity index is 0.000000631. The van der Waals surface area contributed by atoms with E-state index in [0.29, 0.717) is 11.4 Å². The van der Waals surface area contributed by atoms with Crippen LogP contribution < -0.4 is 10.0 Å². The van der Waals surface area contributed by atoms with E-state index in [1.807, 2.05) is 0 Å². The Kier molecular flexibility index (Phi) is 6.28.